The predicted octanol–water partition coefficient (Wildman–Crippen LogP) is 3.60. The Hall–Kier alpha value is -3.89. The minimum Gasteiger partial charge on any atom is -0.364 e. The molecular formula is C29H34N4O5S. The molecule has 9 nitrogen and oxygen atoms in total. The number of carbonyl (C=O) groups excluding carboxylic acids is 2. The molecule has 0 saturated carbocycles. The van der Waals surface area contributed by atoms with Crippen molar-refractivity contribution in [3.05, 3.63) is 90.5 Å². The summed E-state index contributed by atoms with van der Waals surface area (Å²) in [4.78, 5) is 32.8. The number of nitrogens with one attached hydrogen (secondary N) is 2. The molecule has 3 aromatic rings. The van der Waals surface area contributed by atoms with E-state index in [-0.39, 0.29) is 22.9 Å². The van der Waals surface area contributed by atoms with Crippen molar-refractivity contribution in [2.24, 2.45) is 0 Å². The fourth-order valence-corrected chi connectivity index (χ4v) is 5.53. The van der Waals surface area contributed by atoms with Crippen molar-refractivity contribution in [2.45, 2.75) is 30.6 Å². The lowest BCUT2D eigenvalue weighted by Gasteiger charge is -2.26. The van der Waals surface area contributed by atoms with E-state index in [4.69, 9.17) is 4.84 Å². The van der Waals surface area contributed by atoms with Crippen molar-refractivity contribution < 1.29 is 22.8 Å². The molecule has 3 aromatic carbocycles. The van der Waals surface area contributed by atoms with Crippen molar-refractivity contribution in [2.75, 3.05) is 37.2 Å². The minimum absolute atomic E-state index is 0.0507. The molecule has 0 atom stereocenters. The van der Waals surface area contributed by atoms with Crippen LogP contribution in [-0.4, -0.2) is 57.9 Å². The summed E-state index contributed by atoms with van der Waals surface area (Å²) >= 11 is 0. The minimum atomic E-state index is -4.13. The first-order chi connectivity index (χ1) is 18.9. The molecule has 1 saturated heterocycles. The molecule has 39 heavy (non-hydrogen) atoms. The lowest BCUT2D eigenvalue weighted by atomic mass is 10.1. The van der Waals surface area contributed by atoms with Gasteiger partial charge in [-0.3, -0.25) is 9.59 Å². The average molecular weight is 551 g/mol. The molecular weight excluding hydrogens is 516 g/mol. The highest BCUT2D eigenvalue weighted by atomic mass is 32.2. The fraction of sp³-hybridized carbons (Fsp3) is 0.310. The molecule has 2 N–H and O–H groups in total. The van der Waals surface area contributed by atoms with Crippen LogP contribution in [0.25, 0.3) is 0 Å². The van der Waals surface area contributed by atoms with Crippen LogP contribution in [0.1, 0.15) is 36.0 Å². The quantitative estimate of drug-likeness (QED) is 0.264. The Morgan fingerprint density at radius 3 is 2.13 bits per heavy atom. The number of hydrogen-bond acceptors (Lipinski definition) is 6. The van der Waals surface area contributed by atoms with Crippen LogP contribution in [0.2, 0.25) is 0 Å². The predicted molar refractivity (Wildman–Crippen MR) is 150 cm³/mol. The number of rotatable bonds is 12. The Kier molecular flexibility index (Phi) is 9.93. The zero-order valence-corrected chi connectivity index (χ0v) is 22.6. The maximum atomic E-state index is 13.5. The maximum Gasteiger partial charge on any atom is 0.295 e. The molecule has 10 heteroatoms. The van der Waals surface area contributed by atoms with Crippen molar-refractivity contribution in [1.29, 1.82) is 0 Å². The molecule has 0 radical (unpaired) electrons. The number of carbonyl (C=O) groups is 2. The first-order valence-corrected chi connectivity index (χ1v) is 14.6. The van der Waals surface area contributed by atoms with E-state index >= 15 is 0 Å². The molecule has 1 aliphatic rings. The van der Waals surface area contributed by atoms with Gasteiger partial charge in [-0.1, -0.05) is 47.3 Å². The van der Waals surface area contributed by atoms with Crippen LogP contribution in [0.4, 0.5) is 5.69 Å². The standard InChI is InChI=1S/C29H34N4O5S/c34-28(30-19-10-22-32-20-8-3-9-21-32)23-31-29(35)24-15-17-27(18-16-24)39(36,37)33(25-11-4-1-5-12-25)38-26-13-6-2-7-14-26/h1-2,4-7,11-18H,3,8-10,19-23H2,(H,30,34)(H,31,35). The highest BCUT2D eigenvalue weighted by Gasteiger charge is 2.28. The molecule has 0 aromatic heterocycles. The third-order valence-corrected chi connectivity index (χ3v) is 7.95. The van der Waals surface area contributed by atoms with Crippen LogP contribution in [-0.2, 0) is 14.8 Å². The number of sulfonamides is 1. The average Bonchev–Trinajstić information content (AvgIpc) is 2.98. The van der Waals surface area contributed by atoms with Crippen molar-refractivity contribution in [3.63, 3.8) is 0 Å². The highest BCUT2D eigenvalue weighted by molar-refractivity contribution is 7.92. The number of hydrogen-bond donors (Lipinski definition) is 2. The van der Waals surface area contributed by atoms with Gasteiger partial charge in [-0.05, 0) is 87.4 Å². The summed E-state index contributed by atoms with van der Waals surface area (Å²) < 4.78 is 27.9. The van der Waals surface area contributed by atoms with Gasteiger partial charge < -0.3 is 20.4 Å². The highest BCUT2D eigenvalue weighted by Crippen LogP contribution is 2.26. The van der Waals surface area contributed by atoms with Gasteiger partial charge in [-0.2, -0.15) is 8.42 Å². The van der Waals surface area contributed by atoms with Gasteiger partial charge in [0.05, 0.1) is 17.1 Å². The lowest BCUT2D eigenvalue weighted by Crippen LogP contribution is -2.38. The van der Waals surface area contributed by atoms with Gasteiger partial charge in [-0.25, -0.2) is 0 Å². The van der Waals surface area contributed by atoms with E-state index in [2.05, 4.69) is 15.5 Å². The molecule has 0 unspecified atom stereocenters. The van der Waals surface area contributed by atoms with Crippen molar-refractivity contribution in [3.8, 4) is 5.75 Å². The number of piperidine rings is 1. The van der Waals surface area contributed by atoms with E-state index in [1.54, 1.807) is 60.7 Å². The second kappa shape index (κ2) is 13.8. The Labute approximate surface area is 229 Å². The Morgan fingerprint density at radius 1 is 0.821 bits per heavy atom. The Morgan fingerprint density at radius 2 is 1.46 bits per heavy atom. The van der Waals surface area contributed by atoms with Crippen LogP contribution < -0.4 is 19.9 Å². The molecule has 206 valence electrons. The van der Waals surface area contributed by atoms with E-state index in [1.165, 1.54) is 43.5 Å². The monoisotopic (exact) mass is 550 g/mol. The van der Waals surface area contributed by atoms with Crippen LogP contribution in [0.3, 0.4) is 0 Å². The number of amides is 2. The normalized spacial score (nSPS) is 13.8. The van der Waals surface area contributed by atoms with E-state index in [0.717, 1.165) is 30.5 Å². The molecule has 1 aliphatic heterocycles. The van der Waals surface area contributed by atoms with Crippen molar-refractivity contribution in [1.82, 2.24) is 15.5 Å². The number of likely N-dealkylation sites (tertiary alicyclic amines) is 1. The van der Waals surface area contributed by atoms with E-state index in [0.29, 0.717) is 18.0 Å². The molecule has 0 bridgehead atoms. The molecule has 0 spiro atoms. The largest absolute Gasteiger partial charge is 0.364 e. The summed E-state index contributed by atoms with van der Waals surface area (Å²) in [6.45, 7) is 3.60. The summed E-state index contributed by atoms with van der Waals surface area (Å²) in [7, 11) is -4.13. The number of nitrogens with zero attached hydrogens (tertiary/aromatic N) is 2. The van der Waals surface area contributed by atoms with E-state index in [9.17, 15) is 18.0 Å². The molecule has 1 fully saturated rings. The third kappa shape index (κ3) is 8.05. The summed E-state index contributed by atoms with van der Waals surface area (Å²) in [6.07, 6.45) is 4.62. The van der Waals surface area contributed by atoms with Crippen LogP contribution in [0, 0.1) is 0 Å². The fourth-order valence-electron chi connectivity index (χ4n) is 4.28. The summed E-state index contributed by atoms with van der Waals surface area (Å²) in [5, 5.41) is 5.41. The van der Waals surface area contributed by atoms with Gasteiger partial charge in [-0.15, -0.1) is 0 Å². The number of para-hydroxylation sites is 2. The molecule has 0 aliphatic carbocycles. The lowest BCUT2D eigenvalue weighted by molar-refractivity contribution is -0.120. The second-order valence-corrected chi connectivity index (χ2v) is 11.0. The SMILES string of the molecule is O=C(CNC(=O)c1ccc(S(=O)(=O)N(Oc2ccccc2)c2ccccc2)cc1)NCCCN1CCCCC1. The van der Waals surface area contributed by atoms with Crippen LogP contribution >= 0.6 is 0 Å². The summed E-state index contributed by atoms with van der Waals surface area (Å²) in [5.41, 5.74) is 0.562. The van der Waals surface area contributed by atoms with Gasteiger partial charge in [0.2, 0.25) is 5.91 Å². The number of anilines is 1. The zero-order valence-electron chi connectivity index (χ0n) is 21.8. The zero-order chi connectivity index (χ0) is 27.5. The van der Waals surface area contributed by atoms with Gasteiger partial charge >= 0.3 is 0 Å². The van der Waals surface area contributed by atoms with Gasteiger partial charge in [0, 0.05) is 12.1 Å². The molecule has 2 amide bonds. The Bertz CT molecular complexity index is 1310. The van der Waals surface area contributed by atoms with Crippen LogP contribution in [0.15, 0.2) is 89.8 Å². The molecule has 4 rings (SSSR count). The summed E-state index contributed by atoms with van der Waals surface area (Å²) in [5.74, 6) is -0.383. The van der Waals surface area contributed by atoms with E-state index < -0.39 is 15.9 Å². The van der Waals surface area contributed by atoms with Gasteiger partial charge in [0.25, 0.3) is 15.9 Å². The number of benzene rings is 3. The first kappa shape index (κ1) is 28.1. The summed E-state index contributed by atoms with van der Waals surface area (Å²) in [6, 6.07) is 22.6. The van der Waals surface area contributed by atoms with Gasteiger partial charge in [0.1, 0.15) is 0 Å². The van der Waals surface area contributed by atoms with Crippen LogP contribution in [0.5, 0.6) is 5.75 Å². The Balaban J connectivity index is 1.32. The van der Waals surface area contributed by atoms with Crippen molar-refractivity contribution >= 4 is 27.5 Å². The molecule has 1 heterocycles. The third-order valence-electron chi connectivity index (χ3n) is 6.36. The smallest absolute Gasteiger partial charge is 0.295 e. The second-order valence-electron chi connectivity index (χ2n) is 9.28. The topological polar surface area (TPSA) is 108 Å². The first-order valence-electron chi connectivity index (χ1n) is 13.1. The maximum absolute atomic E-state index is 13.5. The van der Waals surface area contributed by atoms with E-state index in [1.807, 2.05) is 0 Å². The van der Waals surface area contributed by atoms with Gasteiger partial charge in [0.15, 0.2) is 5.75 Å².